The van der Waals surface area contributed by atoms with Crippen molar-refractivity contribution in [3.63, 3.8) is 0 Å². The standard InChI is InChI=1S/C26H22N4OS/c31-26(17-11-13-30(14-12-17)24-16-32-25-8-4-1-5-19(24)25)27-18-9-10-22-23(15-18)29-21-7-3-2-6-20(21)28-22/h1-10,15-17H,11-14H2,(H,27,31). The fraction of sp³-hybridized carbons (Fsp3) is 0.192. The number of hydrogen-bond donors (Lipinski definition) is 1. The second kappa shape index (κ2) is 7.88. The first kappa shape index (κ1) is 19.2. The van der Waals surface area contributed by atoms with Gasteiger partial charge in [0.2, 0.25) is 5.91 Å². The highest BCUT2D eigenvalue weighted by Gasteiger charge is 2.26. The summed E-state index contributed by atoms with van der Waals surface area (Å²) in [7, 11) is 0. The predicted octanol–water partition coefficient (Wildman–Crippen LogP) is 5.85. The number of nitrogens with zero attached hydrogens (tertiary/aromatic N) is 3. The molecule has 32 heavy (non-hydrogen) atoms. The van der Waals surface area contributed by atoms with Gasteiger partial charge in [0, 0.05) is 40.2 Å². The molecule has 0 saturated carbocycles. The van der Waals surface area contributed by atoms with Crippen LogP contribution >= 0.6 is 11.3 Å². The third kappa shape index (κ3) is 3.46. The van der Waals surface area contributed by atoms with Gasteiger partial charge in [0.1, 0.15) is 0 Å². The zero-order valence-electron chi connectivity index (χ0n) is 17.5. The van der Waals surface area contributed by atoms with E-state index in [4.69, 9.17) is 4.98 Å². The van der Waals surface area contributed by atoms with Gasteiger partial charge in [-0.05, 0) is 49.2 Å². The van der Waals surface area contributed by atoms with E-state index in [-0.39, 0.29) is 11.8 Å². The second-order valence-electron chi connectivity index (χ2n) is 8.28. The summed E-state index contributed by atoms with van der Waals surface area (Å²) in [6.07, 6.45) is 1.71. The van der Waals surface area contributed by atoms with E-state index in [2.05, 4.69) is 44.8 Å². The highest BCUT2D eigenvalue weighted by Crippen LogP contribution is 2.35. The number of thiophene rings is 1. The second-order valence-corrected chi connectivity index (χ2v) is 9.19. The van der Waals surface area contributed by atoms with Gasteiger partial charge in [-0.1, -0.05) is 30.3 Å². The van der Waals surface area contributed by atoms with E-state index in [1.54, 1.807) is 11.3 Å². The Morgan fingerprint density at radius 1 is 0.875 bits per heavy atom. The molecule has 158 valence electrons. The Kier molecular flexibility index (Phi) is 4.72. The van der Waals surface area contributed by atoms with Crippen molar-refractivity contribution in [3.05, 3.63) is 72.1 Å². The SMILES string of the molecule is O=C(Nc1ccc2nc3ccccc3nc2c1)C1CCN(c2csc3ccccc23)CC1. The van der Waals surface area contributed by atoms with Gasteiger partial charge in [0.05, 0.1) is 27.8 Å². The highest BCUT2D eigenvalue weighted by atomic mass is 32.1. The molecule has 5 aromatic rings. The molecule has 1 aliphatic rings. The molecule has 3 aromatic carbocycles. The van der Waals surface area contributed by atoms with E-state index in [0.717, 1.165) is 53.7 Å². The molecule has 0 bridgehead atoms. The number of fused-ring (bicyclic) bond motifs is 3. The van der Waals surface area contributed by atoms with Gasteiger partial charge >= 0.3 is 0 Å². The Balaban J connectivity index is 1.15. The Morgan fingerprint density at radius 2 is 1.56 bits per heavy atom. The van der Waals surface area contributed by atoms with E-state index in [1.165, 1.54) is 15.8 Å². The summed E-state index contributed by atoms with van der Waals surface area (Å²) in [6, 6.07) is 22.1. The van der Waals surface area contributed by atoms with Crippen molar-refractivity contribution in [3.8, 4) is 0 Å². The Labute approximate surface area is 189 Å². The molecule has 5 nitrogen and oxygen atoms in total. The number of amides is 1. The molecule has 1 amide bonds. The van der Waals surface area contributed by atoms with Crippen LogP contribution in [-0.4, -0.2) is 29.0 Å². The lowest BCUT2D eigenvalue weighted by Crippen LogP contribution is -2.38. The van der Waals surface area contributed by atoms with Crippen LogP contribution in [0, 0.1) is 5.92 Å². The Bertz CT molecular complexity index is 1450. The minimum Gasteiger partial charge on any atom is -0.370 e. The average molecular weight is 439 g/mol. The van der Waals surface area contributed by atoms with Gasteiger partial charge in [0.25, 0.3) is 0 Å². The number of anilines is 2. The maximum Gasteiger partial charge on any atom is 0.227 e. The number of carbonyl (C=O) groups excluding carboxylic acids is 1. The first-order chi connectivity index (χ1) is 15.7. The van der Waals surface area contributed by atoms with Crippen LogP contribution in [0.3, 0.4) is 0 Å². The van der Waals surface area contributed by atoms with Crippen LogP contribution in [0.1, 0.15) is 12.8 Å². The fourth-order valence-corrected chi connectivity index (χ4v) is 5.50. The van der Waals surface area contributed by atoms with Crippen molar-refractivity contribution < 1.29 is 4.79 Å². The smallest absolute Gasteiger partial charge is 0.227 e. The first-order valence-electron chi connectivity index (χ1n) is 10.9. The molecule has 0 atom stereocenters. The molecule has 0 unspecified atom stereocenters. The number of rotatable bonds is 3. The van der Waals surface area contributed by atoms with Gasteiger partial charge in [-0.15, -0.1) is 11.3 Å². The molecule has 3 heterocycles. The number of piperidine rings is 1. The van der Waals surface area contributed by atoms with Crippen LogP contribution in [0.5, 0.6) is 0 Å². The molecule has 2 aromatic heterocycles. The van der Waals surface area contributed by atoms with Crippen molar-refractivity contribution in [1.82, 2.24) is 9.97 Å². The summed E-state index contributed by atoms with van der Waals surface area (Å²) in [5, 5.41) is 6.66. The average Bonchev–Trinajstić information content (AvgIpc) is 3.27. The number of nitrogens with one attached hydrogen (secondary N) is 1. The maximum atomic E-state index is 13.0. The molecule has 6 rings (SSSR count). The molecule has 0 radical (unpaired) electrons. The summed E-state index contributed by atoms with van der Waals surface area (Å²) < 4.78 is 1.31. The molecule has 0 aliphatic carbocycles. The van der Waals surface area contributed by atoms with Crippen LogP contribution in [0.4, 0.5) is 11.4 Å². The topological polar surface area (TPSA) is 58.1 Å². The monoisotopic (exact) mass is 438 g/mol. The first-order valence-corrected chi connectivity index (χ1v) is 11.8. The summed E-state index contributed by atoms with van der Waals surface area (Å²) >= 11 is 1.79. The van der Waals surface area contributed by atoms with Crippen molar-refractivity contribution in [2.24, 2.45) is 5.92 Å². The van der Waals surface area contributed by atoms with Gasteiger partial charge in [-0.25, -0.2) is 9.97 Å². The zero-order valence-corrected chi connectivity index (χ0v) is 18.3. The van der Waals surface area contributed by atoms with E-state index in [9.17, 15) is 4.79 Å². The Morgan fingerprint density at radius 3 is 2.38 bits per heavy atom. The van der Waals surface area contributed by atoms with Crippen LogP contribution in [-0.2, 0) is 4.79 Å². The fourth-order valence-electron chi connectivity index (χ4n) is 4.53. The largest absolute Gasteiger partial charge is 0.370 e. The third-order valence-electron chi connectivity index (χ3n) is 6.27. The van der Waals surface area contributed by atoms with Crippen LogP contribution < -0.4 is 10.2 Å². The number of benzene rings is 3. The minimum atomic E-state index is 0.0227. The van der Waals surface area contributed by atoms with E-state index < -0.39 is 0 Å². The van der Waals surface area contributed by atoms with Gasteiger partial charge in [-0.3, -0.25) is 4.79 Å². The van der Waals surface area contributed by atoms with E-state index in [1.807, 2.05) is 42.5 Å². The lowest BCUT2D eigenvalue weighted by molar-refractivity contribution is -0.120. The molecule has 1 aliphatic heterocycles. The quantitative estimate of drug-likeness (QED) is 0.359. The summed E-state index contributed by atoms with van der Waals surface area (Å²) in [5.41, 5.74) is 5.43. The molecule has 1 fully saturated rings. The molecule has 1 N–H and O–H groups in total. The molecular weight excluding hydrogens is 416 g/mol. The van der Waals surface area contributed by atoms with Gasteiger partial charge in [0.15, 0.2) is 0 Å². The van der Waals surface area contributed by atoms with Gasteiger partial charge < -0.3 is 10.2 Å². The van der Waals surface area contributed by atoms with Crippen molar-refractivity contribution in [1.29, 1.82) is 0 Å². The van der Waals surface area contributed by atoms with Crippen molar-refractivity contribution in [2.45, 2.75) is 12.8 Å². The van der Waals surface area contributed by atoms with E-state index >= 15 is 0 Å². The summed E-state index contributed by atoms with van der Waals surface area (Å²) in [4.78, 5) is 24.7. The molecular formula is C26H22N4OS. The number of para-hydroxylation sites is 2. The minimum absolute atomic E-state index is 0.0227. The van der Waals surface area contributed by atoms with Crippen LogP contribution in [0.25, 0.3) is 32.2 Å². The van der Waals surface area contributed by atoms with Crippen LogP contribution in [0.15, 0.2) is 72.1 Å². The summed E-state index contributed by atoms with van der Waals surface area (Å²) in [5.74, 6) is 0.113. The van der Waals surface area contributed by atoms with Crippen molar-refractivity contribution in [2.75, 3.05) is 23.3 Å². The molecule has 6 heteroatoms. The lowest BCUT2D eigenvalue weighted by atomic mass is 9.95. The summed E-state index contributed by atoms with van der Waals surface area (Å²) in [6.45, 7) is 1.79. The van der Waals surface area contributed by atoms with E-state index in [0.29, 0.717) is 0 Å². The number of aromatic nitrogens is 2. The lowest BCUT2D eigenvalue weighted by Gasteiger charge is -2.32. The molecule has 0 spiro atoms. The third-order valence-corrected chi connectivity index (χ3v) is 7.22. The maximum absolute atomic E-state index is 13.0. The van der Waals surface area contributed by atoms with Gasteiger partial charge in [-0.2, -0.15) is 0 Å². The predicted molar refractivity (Wildman–Crippen MR) is 132 cm³/mol. The van der Waals surface area contributed by atoms with Crippen molar-refractivity contribution >= 4 is 60.8 Å². The highest BCUT2D eigenvalue weighted by molar-refractivity contribution is 7.17. The molecule has 1 saturated heterocycles. The Hall–Kier alpha value is -3.51. The number of hydrogen-bond acceptors (Lipinski definition) is 5. The van der Waals surface area contributed by atoms with Crippen LogP contribution in [0.2, 0.25) is 0 Å². The number of carbonyl (C=O) groups is 1. The normalized spacial score (nSPS) is 14.9. The zero-order chi connectivity index (χ0) is 21.5.